The molecule has 5 rings (SSSR count). The molecule has 0 unspecified atom stereocenters. The van der Waals surface area contributed by atoms with Crippen molar-refractivity contribution in [2.45, 2.75) is 96.4 Å². The van der Waals surface area contributed by atoms with Gasteiger partial charge in [0, 0.05) is 25.7 Å². The average Bonchev–Trinajstić information content (AvgIpc) is 3.33. The van der Waals surface area contributed by atoms with Crippen LogP contribution in [-0.4, -0.2) is 41.8 Å². The van der Waals surface area contributed by atoms with E-state index in [1.54, 1.807) is 0 Å². The Labute approximate surface area is 195 Å². The second-order valence-electron chi connectivity index (χ2n) is 11.6. The molecule has 1 saturated heterocycles. The highest BCUT2D eigenvalue weighted by Gasteiger charge is 2.84. The number of rotatable bonds is 4. The smallest absolute Gasteiger partial charge is 0.302 e. The van der Waals surface area contributed by atoms with Crippen molar-refractivity contribution in [3.8, 4) is 0 Å². The summed E-state index contributed by atoms with van der Waals surface area (Å²) in [5.74, 6) is 0.417. The summed E-state index contributed by atoms with van der Waals surface area (Å²) in [4.78, 5) is 35.5. The van der Waals surface area contributed by atoms with Crippen LogP contribution in [0, 0.1) is 28.6 Å². The van der Waals surface area contributed by atoms with E-state index in [9.17, 15) is 14.4 Å². The monoisotopic (exact) mass is 459 g/mol. The standard InChI is InChI=1S/C26H37NO6/c1-15(28)31-14-25(22(27)30)26(33-25)12-9-21-19-6-5-17-13-18(32-16(2)29)7-10-23(17,3)20(19)8-11-24(21,26)4/h5,18-21H,6-14H2,1-4H3,(H2,27,30)/t18-,19-,20+,21-,23-,24-,25-,26-/m0/s1. The van der Waals surface area contributed by atoms with Gasteiger partial charge in [-0.1, -0.05) is 25.5 Å². The highest BCUT2D eigenvalue weighted by Crippen LogP contribution is 2.75. The van der Waals surface area contributed by atoms with Crippen molar-refractivity contribution in [3.63, 3.8) is 0 Å². The van der Waals surface area contributed by atoms with Gasteiger partial charge in [-0.3, -0.25) is 14.4 Å². The van der Waals surface area contributed by atoms with E-state index in [0.29, 0.717) is 17.8 Å². The van der Waals surface area contributed by atoms with E-state index in [0.717, 1.165) is 51.4 Å². The molecule has 0 aromatic rings. The van der Waals surface area contributed by atoms with Crippen molar-refractivity contribution in [2.24, 2.45) is 34.3 Å². The lowest BCUT2D eigenvalue weighted by Gasteiger charge is -2.58. The number of esters is 2. The van der Waals surface area contributed by atoms with Gasteiger partial charge in [0.2, 0.25) is 5.60 Å². The fraction of sp³-hybridized carbons (Fsp3) is 0.808. The number of amides is 1. The van der Waals surface area contributed by atoms with E-state index in [1.807, 2.05) is 0 Å². The van der Waals surface area contributed by atoms with E-state index in [-0.39, 0.29) is 29.5 Å². The fourth-order valence-electron chi connectivity index (χ4n) is 8.73. The molecule has 1 heterocycles. The molecule has 7 nitrogen and oxygen atoms in total. The molecular weight excluding hydrogens is 422 g/mol. The van der Waals surface area contributed by atoms with Gasteiger partial charge in [-0.05, 0) is 68.1 Å². The Morgan fingerprint density at radius 2 is 1.79 bits per heavy atom. The van der Waals surface area contributed by atoms with Gasteiger partial charge < -0.3 is 19.9 Å². The molecule has 33 heavy (non-hydrogen) atoms. The summed E-state index contributed by atoms with van der Waals surface area (Å²) in [6.07, 6.45) is 10.1. The molecule has 1 amide bonds. The van der Waals surface area contributed by atoms with E-state index < -0.39 is 23.1 Å². The van der Waals surface area contributed by atoms with E-state index >= 15 is 0 Å². The lowest BCUT2D eigenvalue weighted by atomic mass is 9.47. The van der Waals surface area contributed by atoms with Crippen LogP contribution < -0.4 is 5.73 Å². The lowest BCUT2D eigenvalue weighted by Crippen LogP contribution is -2.55. The highest BCUT2D eigenvalue weighted by atomic mass is 16.7. The second-order valence-corrected chi connectivity index (χ2v) is 11.6. The molecular formula is C26H37NO6. The Kier molecular flexibility index (Phi) is 5.06. The summed E-state index contributed by atoms with van der Waals surface area (Å²) < 4.78 is 17.1. The number of fused-ring (bicyclic) bond motifs is 6. The van der Waals surface area contributed by atoms with E-state index in [1.165, 1.54) is 19.4 Å². The van der Waals surface area contributed by atoms with Gasteiger partial charge >= 0.3 is 11.9 Å². The van der Waals surface area contributed by atoms with Crippen molar-refractivity contribution in [3.05, 3.63) is 11.6 Å². The van der Waals surface area contributed by atoms with Gasteiger partial charge in [0.05, 0.1) is 0 Å². The predicted molar refractivity (Wildman–Crippen MR) is 120 cm³/mol. The lowest BCUT2D eigenvalue weighted by molar-refractivity contribution is -0.148. The zero-order chi connectivity index (χ0) is 23.8. The van der Waals surface area contributed by atoms with E-state index in [2.05, 4.69) is 19.9 Å². The number of epoxide rings is 1. The number of hydrogen-bond acceptors (Lipinski definition) is 6. The molecule has 4 fully saturated rings. The molecule has 1 aliphatic heterocycles. The van der Waals surface area contributed by atoms with Crippen molar-refractivity contribution in [2.75, 3.05) is 6.61 Å². The normalized spacial score (nSPS) is 47.6. The van der Waals surface area contributed by atoms with Crippen LogP contribution in [0.3, 0.4) is 0 Å². The molecule has 7 heteroatoms. The van der Waals surface area contributed by atoms with Crippen LogP contribution in [0.25, 0.3) is 0 Å². The molecule has 182 valence electrons. The third-order valence-electron chi connectivity index (χ3n) is 10.3. The average molecular weight is 460 g/mol. The minimum Gasteiger partial charge on any atom is -0.462 e. The zero-order valence-corrected chi connectivity index (χ0v) is 20.3. The van der Waals surface area contributed by atoms with Gasteiger partial charge in [-0.15, -0.1) is 0 Å². The maximum absolute atomic E-state index is 12.6. The largest absolute Gasteiger partial charge is 0.462 e. The third kappa shape index (κ3) is 3.00. The van der Waals surface area contributed by atoms with Crippen LogP contribution in [0.5, 0.6) is 0 Å². The first kappa shape index (κ1) is 22.9. The van der Waals surface area contributed by atoms with Gasteiger partial charge in [0.25, 0.3) is 5.91 Å². The molecule has 5 aliphatic rings. The maximum atomic E-state index is 12.6. The first-order valence-electron chi connectivity index (χ1n) is 12.5. The van der Waals surface area contributed by atoms with Gasteiger partial charge in [-0.2, -0.15) is 0 Å². The van der Waals surface area contributed by atoms with Crippen molar-refractivity contribution in [1.82, 2.24) is 0 Å². The van der Waals surface area contributed by atoms with Gasteiger partial charge in [0.15, 0.2) is 0 Å². The molecule has 0 bridgehead atoms. The van der Waals surface area contributed by atoms with Crippen LogP contribution in [0.1, 0.15) is 79.1 Å². The first-order valence-corrected chi connectivity index (χ1v) is 12.5. The quantitative estimate of drug-likeness (QED) is 0.392. The second kappa shape index (κ2) is 7.30. The topological polar surface area (TPSA) is 108 Å². The summed E-state index contributed by atoms with van der Waals surface area (Å²) in [7, 11) is 0. The van der Waals surface area contributed by atoms with Crippen LogP contribution >= 0.6 is 0 Å². The molecule has 0 aromatic heterocycles. The molecule has 1 spiro atoms. The SMILES string of the molecule is CC(=O)OC[C@@]1(C(N)=O)O[C@]12CC[C@H]1[C@H]3CC=C4C[C@@H](OC(C)=O)CC[C@]4(C)[C@@H]3CC[C@@]12C. The Balaban J connectivity index is 1.40. The fourth-order valence-corrected chi connectivity index (χ4v) is 8.73. The number of carbonyl (C=O) groups is 3. The minimum absolute atomic E-state index is 0.000644. The Morgan fingerprint density at radius 1 is 1.06 bits per heavy atom. The predicted octanol–water partition coefficient (Wildman–Crippen LogP) is 3.44. The summed E-state index contributed by atoms with van der Waals surface area (Å²) >= 11 is 0. The molecule has 4 aliphatic carbocycles. The molecule has 8 atom stereocenters. The van der Waals surface area contributed by atoms with Crippen LogP contribution in [0.15, 0.2) is 11.6 Å². The van der Waals surface area contributed by atoms with Gasteiger partial charge in [-0.25, -0.2) is 0 Å². The van der Waals surface area contributed by atoms with Crippen molar-refractivity contribution in [1.29, 1.82) is 0 Å². The molecule has 0 radical (unpaired) electrons. The Bertz CT molecular complexity index is 930. The van der Waals surface area contributed by atoms with E-state index in [4.69, 9.17) is 19.9 Å². The number of nitrogens with two attached hydrogens (primary N) is 1. The molecule has 0 aromatic carbocycles. The summed E-state index contributed by atoms with van der Waals surface area (Å²) in [5.41, 5.74) is 5.44. The Hall–Kier alpha value is -1.89. The first-order chi connectivity index (χ1) is 15.5. The van der Waals surface area contributed by atoms with Crippen molar-refractivity contribution < 1.29 is 28.6 Å². The summed E-state index contributed by atoms with van der Waals surface area (Å²) in [6.45, 7) is 7.43. The number of ether oxygens (including phenoxy) is 3. The molecule has 2 N–H and O–H groups in total. The molecule has 3 saturated carbocycles. The minimum atomic E-state index is -1.20. The van der Waals surface area contributed by atoms with Crippen LogP contribution in [-0.2, 0) is 28.6 Å². The number of allylic oxidation sites excluding steroid dienone is 1. The number of carbonyl (C=O) groups excluding carboxylic acids is 3. The summed E-state index contributed by atoms with van der Waals surface area (Å²) in [6, 6.07) is 0. The van der Waals surface area contributed by atoms with Gasteiger partial charge in [0.1, 0.15) is 18.3 Å². The highest BCUT2D eigenvalue weighted by molar-refractivity contribution is 5.89. The van der Waals surface area contributed by atoms with Crippen LogP contribution in [0.2, 0.25) is 0 Å². The number of hydrogen-bond donors (Lipinski definition) is 1. The van der Waals surface area contributed by atoms with Crippen molar-refractivity contribution >= 4 is 17.8 Å². The number of primary amides is 1. The summed E-state index contributed by atoms with van der Waals surface area (Å²) in [5, 5.41) is 0. The van der Waals surface area contributed by atoms with Crippen LogP contribution in [0.4, 0.5) is 0 Å². The zero-order valence-electron chi connectivity index (χ0n) is 20.3. The maximum Gasteiger partial charge on any atom is 0.302 e. The third-order valence-corrected chi connectivity index (χ3v) is 10.3. The Morgan fingerprint density at radius 3 is 2.45 bits per heavy atom.